The number of rotatable bonds is 5. The number of morpholine rings is 1. The molecule has 108 valence electrons. The highest BCUT2D eigenvalue weighted by Gasteiger charge is 2.17. The van der Waals surface area contributed by atoms with Crippen molar-refractivity contribution in [3.63, 3.8) is 0 Å². The minimum Gasteiger partial charge on any atom is -0.374 e. The van der Waals surface area contributed by atoms with Crippen molar-refractivity contribution in [2.75, 3.05) is 33.3 Å². The van der Waals surface area contributed by atoms with Gasteiger partial charge in [-0.3, -0.25) is 5.10 Å². The average Bonchev–Trinajstić information content (AvgIpc) is 3.09. The molecular weight excluding hydrogens is 272 g/mol. The van der Waals surface area contributed by atoms with Gasteiger partial charge in [0.2, 0.25) is 0 Å². The van der Waals surface area contributed by atoms with Gasteiger partial charge in [0.15, 0.2) is 0 Å². The number of hydrogen-bond acceptors (Lipinski definition) is 5. The lowest BCUT2D eigenvalue weighted by Gasteiger charge is -2.30. The Balaban J connectivity index is 1.53. The summed E-state index contributed by atoms with van der Waals surface area (Å²) in [6.07, 6.45) is 2.18. The molecule has 5 nitrogen and oxygen atoms in total. The zero-order valence-electron chi connectivity index (χ0n) is 11.6. The van der Waals surface area contributed by atoms with Crippen LogP contribution in [0.4, 0.5) is 0 Å². The molecule has 0 saturated carbocycles. The van der Waals surface area contributed by atoms with Crippen LogP contribution in [-0.2, 0) is 11.3 Å². The standard InChI is InChI=1S/C14H20N4OS/c1-18-4-5-19-12(10-18)9-15-7-11-8-16-17-14(11)13-3-2-6-20-13/h2-3,6,8,12,15H,4-5,7,9-10H2,1H3,(H,16,17). The Morgan fingerprint density at radius 3 is 3.35 bits per heavy atom. The van der Waals surface area contributed by atoms with Gasteiger partial charge < -0.3 is 15.0 Å². The second-order valence-electron chi connectivity index (χ2n) is 5.13. The van der Waals surface area contributed by atoms with Crippen molar-refractivity contribution in [2.45, 2.75) is 12.6 Å². The van der Waals surface area contributed by atoms with E-state index in [1.807, 2.05) is 6.20 Å². The van der Waals surface area contributed by atoms with Crippen molar-refractivity contribution < 1.29 is 4.74 Å². The van der Waals surface area contributed by atoms with Crippen molar-refractivity contribution in [1.82, 2.24) is 20.4 Å². The maximum Gasteiger partial charge on any atom is 0.0826 e. The summed E-state index contributed by atoms with van der Waals surface area (Å²) < 4.78 is 5.74. The van der Waals surface area contributed by atoms with Crippen LogP contribution in [0, 0.1) is 0 Å². The molecule has 0 aliphatic carbocycles. The molecule has 1 fully saturated rings. The summed E-state index contributed by atoms with van der Waals surface area (Å²) in [6.45, 7) is 4.54. The molecule has 0 aromatic carbocycles. The molecule has 1 atom stereocenters. The second-order valence-corrected chi connectivity index (χ2v) is 6.08. The molecule has 0 radical (unpaired) electrons. The zero-order chi connectivity index (χ0) is 13.8. The third-order valence-corrected chi connectivity index (χ3v) is 4.40. The lowest BCUT2D eigenvalue weighted by molar-refractivity contribution is -0.0182. The maximum atomic E-state index is 5.74. The lowest BCUT2D eigenvalue weighted by atomic mass is 10.2. The van der Waals surface area contributed by atoms with Crippen LogP contribution >= 0.6 is 11.3 Å². The van der Waals surface area contributed by atoms with Crippen LogP contribution in [0.2, 0.25) is 0 Å². The predicted molar refractivity (Wildman–Crippen MR) is 80.8 cm³/mol. The van der Waals surface area contributed by atoms with E-state index in [-0.39, 0.29) is 6.10 Å². The fourth-order valence-corrected chi connectivity index (χ4v) is 3.19. The Bertz CT molecular complexity index is 525. The van der Waals surface area contributed by atoms with Gasteiger partial charge in [0.1, 0.15) is 0 Å². The molecule has 3 heterocycles. The molecule has 1 saturated heterocycles. The highest BCUT2D eigenvalue weighted by Crippen LogP contribution is 2.25. The number of hydrogen-bond donors (Lipinski definition) is 2. The number of nitrogens with zero attached hydrogens (tertiary/aromatic N) is 2. The molecule has 1 aliphatic rings. The predicted octanol–water partition coefficient (Wildman–Crippen LogP) is 1.56. The fourth-order valence-electron chi connectivity index (χ4n) is 2.44. The summed E-state index contributed by atoms with van der Waals surface area (Å²) in [4.78, 5) is 3.54. The lowest BCUT2D eigenvalue weighted by Crippen LogP contribution is -2.44. The van der Waals surface area contributed by atoms with E-state index in [9.17, 15) is 0 Å². The first-order valence-corrected chi connectivity index (χ1v) is 7.78. The van der Waals surface area contributed by atoms with Gasteiger partial charge in [0.25, 0.3) is 0 Å². The van der Waals surface area contributed by atoms with Crippen molar-refractivity contribution in [3.8, 4) is 10.6 Å². The first-order valence-electron chi connectivity index (χ1n) is 6.90. The van der Waals surface area contributed by atoms with Crippen LogP contribution in [0.15, 0.2) is 23.7 Å². The molecule has 2 aromatic heterocycles. The van der Waals surface area contributed by atoms with Gasteiger partial charge in [-0.2, -0.15) is 5.10 Å². The van der Waals surface area contributed by atoms with Crippen LogP contribution < -0.4 is 5.32 Å². The van der Waals surface area contributed by atoms with Crippen molar-refractivity contribution in [2.24, 2.45) is 0 Å². The number of likely N-dealkylation sites (N-methyl/N-ethyl adjacent to an activating group) is 1. The van der Waals surface area contributed by atoms with Crippen molar-refractivity contribution in [3.05, 3.63) is 29.3 Å². The van der Waals surface area contributed by atoms with E-state index in [2.05, 4.69) is 45.0 Å². The first-order chi connectivity index (χ1) is 9.83. The van der Waals surface area contributed by atoms with Gasteiger partial charge in [0.05, 0.1) is 29.5 Å². The van der Waals surface area contributed by atoms with Crippen LogP contribution in [0.3, 0.4) is 0 Å². The normalized spacial score (nSPS) is 20.4. The summed E-state index contributed by atoms with van der Waals surface area (Å²) in [5.41, 5.74) is 2.32. The van der Waals surface area contributed by atoms with Crippen LogP contribution in [0.25, 0.3) is 10.6 Å². The Hall–Kier alpha value is -1.21. The second kappa shape index (κ2) is 6.49. The largest absolute Gasteiger partial charge is 0.374 e. The van der Waals surface area contributed by atoms with Gasteiger partial charge in [-0.05, 0) is 18.5 Å². The van der Waals surface area contributed by atoms with E-state index >= 15 is 0 Å². The number of aromatic nitrogens is 2. The zero-order valence-corrected chi connectivity index (χ0v) is 12.4. The Kier molecular flexibility index (Phi) is 4.47. The van der Waals surface area contributed by atoms with E-state index < -0.39 is 0 Å². The van der Waals surface area contributed by atoms with Crippen LogP contribution in [-0.4, -0.2) is 54.5 Å². The summed E-state index contributed by atoms with van der Waals surface area (Å²) in [5, 5.41) is 12.8. The Labute approximate surface area is 122 Å². The minimum atomic E-state index is 0.283. The number of aromatic amines is 1. The van der Waals surface area contributed by atoms with Gasteiger partial charge >= 0.3 is 0 Å². The summed E-state index contributed by atoms with van der Waals surface area (Å²) in [5.74, 6) is 0. The molecule has 1 aliphatic heterocycles. The summed E-state index contributed by atoms with van der Waals surface area (Å²) >= 11 is 1.73. The minimum absolute atomic E-state index is 0.283. The number of H-pyrrole nitrogens is 1. The molecule has 1 unspecified atom stereocenters. The molecule has 6 heteroatoms. The SMILES string of the molecule is CN1CCOC(CNCc2cn[nH]c2-c2cccs2)C1. The van der Waals surface area contributed by atoms with E-state index in [1.54, 1.807) is 11.3 Å². The van der Waals surface area contributed by atoms with Gasteiger partial charge in [-0.25, -0.2) is 0 Å². The highest BCUT2D eigenvalue weighted by atomic mass is 32.1. The average molecular weight is 292 g/mol. The Morgan fingerprint density at radius 2 is 2.55 bits per heavy atom. The number of nitrogens with one attached hydrogen (secondary N) is 2. The van der Waals surface area contributed by atoms with E-state index in [0.717, 1.165) is 38.5 Å². The number of ether oxygens (including phenoxy) is 1. The quantitative estimate of drug-likeness (QED) is 0.878. The number of thiophene rings is 1. The molecule has 0 amide bonds. The molecule has 0 spiro atoms. The third-order valence-electron chi connectivity index (χ3n) is 3.51. The molecule has 2 N–H and O–H groups in total. The van der Waals surface area contributed by atoms with Crippen LogP contribution in [0.5, 0.6) is 0 Å². The van der Waals surface area contributed by atoms with E-state index in [0.29, 0.717) is 0 Å². The fraction of sp³-hybridized carbons (Fsp3) is 0.500. The maximum absolute atomic E-state index is 5.74. The molecular formula is C14H20N4OS. The molecule has 3 rings (SSSR count). The van der Waals surface area contributed by atoms with E-state index in [4.69, 9.17) is 4.74 Å². The summed E-state index contributed by atoms with van der Waals surface area (Å²) in [6, 6.07) is 4.17. The topological polar surface area (TPSA) is 53.2 Å². The smallest absolute Gasteiger partial charge is 0.0826 e. The van der Waals surface area contributed by atoms with Crippen LogP contribution in [0.1, 0.15) is 5.56 Å². The van der Waals surface area contributed by atoms with Gasteiger partial charge in [-0.1, -0.05) is 6.07 Å². The Morgan fingerprint density at radius 1 is 1.60 bits per heavy atom. The van der Waals surface area contributed by atoms with E-state index in [1.165, 1.54) is 10.4 Å². The van der Waals surface area contributed by atoms with Gasteiger partial charge in [-0.15, -0.1) is 11.3 Å². The first kappa shape index (κ1) is 13.8. The van der Waals surface area contributed by atoms with Crippen molar-refractivity contribution >= 4 is 11.3 Å². The molecule has 2 aromatic rings. The molecule has 0 bridgehead atoms. The van der Waals surface area contributed by atoms with Crippen molar-refractivity contribution in [1.29, 1.82) is 0 Å². The summed E-state index contributed by atoms with van der Waals surface area (Å²) in [7, 11) is 2.14. The third kappa shape index (κ3) is 3.27. The molecule has 20 heavy (non-hydrogen) atoms. The monoisotopic (exact) mass is 292 g/mol. The van der Waals surface area contributed by atoms with Gasteiger partial charge in [0, 0.05) is 31.7 Å². The highest BCUT2D eigenvalue weighted by molar-refractivity contribution is 7.13.